The summed E-state index contributed by atoms with van der Waals surface area (Å²) >= 11 is 0. The highest BCUT2D eigenvalue weighted by molar-refractivity contribution is 5.97. The average Bonchev–Trinajstić information content (AvgIpc) is 3.46. The Morgan fingerprint density at radius 1 is 1.19 bits per heavy atom. The topological polar surface area (TPSA) is 96.6 Å². The zero-order valence-corrected chi connectivity index (χ0v) is 18.1. The van der Waals surface area contributed by atoms with E-state index in [0.29, 0.717) is 30.6 Å². The Bertz CT molecular complexity index is 975. The van der Waals surface area contributed by atoms with E-state index in [0.717, 1.165) is 50.8 Å². The second-order valence-corrected chi connectivity index (χ2v) is 8.61. The summed E-state index contributed by atoms with van der Waals surface area (Å²) in [5.74, 6) is 0.505. The number of unbranched alkanes of at least 4 members (excludes halogenated alkanes) is 2. The number of carbonyl (C=O) groups excluding carboxylic acids is 2. The molecule has 1 unspecified atom stereocenters. The third-order valence-electron chi connectivity index (χ3n) is 6.34. The first-order chi connectivity index (χ1) is 15.6. The van der Waals surface area contributed by atoms with Crippen molar-refractivity contribution in [2.45, 2.75) is 69.4 Å². The van der Waals surface area contributed by atoms with E-state index >= 15 is 0 Å². The van der Waals surface area contributed by atoms with Crippen molar-refractivity contribution in [2.24, 2.45) is 4.99 Å². The molecule has 2 atom stereocenters. The molecule has 0 aliphatic carbocycles. The molecule has 2 N–H and O–H groups in total. The van der Waals surface area contributed by atoms with Gasteiger partial charge in [0.1, 0.15) is 23.6 Å². The first-order valence-corrected chi connectivity index (χ1v) is 11.4. The molecule has 32 heavy (non-hydrogen) atoms. The first-order valence-electron chi connectivity index (χ1n) is 11.4. The average molecular weight is 441 g/mol. The van der Waals surface area contributed by atoms with Crippen molar-refractivity contribution in [3.05, 3.63) is 53.7 Å². The largest absolute Gasteiger partial charge is 0.364 e. The van der Waals surface area contributed by atoms with Gasteiger partial charge in [-0.05, 0) is 31.7 Å². The maximum Gasteiger partial charge on any atom is 0.220 e. The summed E-state index contributed by atoms with van der Waals surface area (Å²) in [6, 6.07) is 8.07. The van der Waals surface area contributed by atoms with Crippen molar-refractivity contribution in [3.63, 3.8) is 0 Å². The highest BCUT2D eigenvalue weighted by atomic mass is 19.1. The number of nitrogens with zero attached hydrogens (tertiary/aromatic N) is 2. The number of nitrogens with one attached hydrogen (secondary N) is 2. The Hall–Kier alpha value is -3.03. The van der Waals surface area contributed by atoms with Crippen LogP contribution >= 0.6 is 0 Å². The number of amidine groups is 1. The van der Waals surface area contributed by atoms with Gasteiger partial charge in [-0.3, -0.25) is 14.6 Å². The molecule has 0 spiro atoms. The normalized spacial score (nSPS) is 23.2. The smallest absolute Gasteiger partial charge is 0.220 e. The molecule has 2 aromatic rings. The van der Waals surface area contributed by atoms with Crippen LogP contribution in [0.4, 0.5) is 4.39 Å². The Balaban J connectivity index is 1.38. The molecule has 7 nitrogen and oxygen atoms in total. The van der Waals surface area contributed by atoms with Gasteiger partial charge in [0.25, 0.3) is 0 Å². The van der Waals surface area contributed by atoms with Gasteiger partial charge >= 0.3 is 0 Å². The van der Waals surface area contributed by atoms with Gasteiger partial charge in [0, 0.05) is 24.5 Å². The van der Waals surface area contributed by atoms with Gasteiger partial charge in [0.05, 0.1) is 18.1 Å². The number of aromatic nitrogens is 1. The first kappa shape index (κ1) is 22.2. The van der Waals surface area contributed by atoms with Crippen LogP contribution in [0.25, 0.3) is 0 Å². The molecule has 2 aliphatic heterocycles. The summed E-state index contributed by atoms with van der Waals surface area (Å²) in [4.78, 5) is 29.3. The lowest BCUT2D eigenvalue weighted by Gasteiger charge is -2.34. The molecular weight excluding hydrogens is 411 g/mol. The molecule has 0 saturated carbocycles. The van der Waals surface area contributed by atoms with Crippen molar-refractivity contribution in [2.75, 3.05) is 6.54 Å². The summed E-state index contributed by atoms with van der Waals surface area (Å²) in [7, 11) is 0. The number of amides is 1. The predicted octanol–water partition coefficient (Wildman–Crippen LogP) is 4.12. The molecule has 3 heterocycles. The van der Waals surface area contributed by atoms with E-state index in [-0.39, 0.29) is 23.5 Å². The minimum Gasteiger partial charge on any atom is -0.364 e. The van der Waals surface area contributed by atoms with Gasteiger partial charge in [-0.2, -0.15) is 0 Å². The third-order valence-corrected chi connectivity index (χ3v) is 6.34. The fourth-order valence-electron chi connectivity index (χ4n) is 4.62. The van der Waals surface area contributed by atoms with E-state index in [9.17, 15) is 14.0 Å². The molecule has 1 aromatic heterocycles. The van der Waals surface area contributed by atoms with Gasteiger partial charge in [0.15, 0.2) is 5.78 Å². The molecular formula is C24H29FN4O3. The van der Waals surface area contributed by atoms with Crippen LogP contribution in [-0.2, 0) is 4.79 Å². The lowest BCUT2D eigenvalue weighted by Crippen LogP contribution is -2.57. The van der Waals surface area contributed by atoms with Crippen molar-refractivity contribution < 1.29 is 18.5 Å². The summed E-state index contributed by atoms with van der Waals surface area (Å²) in [6.45, 7) is 0.445. The Labute approximate surface area is 186 Å². The number of hydrogen-bond acceptors (Lipinski definition) is 6. The minimum atomic E-state index is -0.566. The van der Waals surface area contributed by atoms with Crippen LogP contribution in [-0.4, -0.2) is 34.8 Å². The maximum atomic E-state index is 14.3. The summed E-state index contributed by atoms with van der Waals surface area (Å²) in [6.07, 6.45) is 8.07. The van der Waals surface area contributed by atoms with Crippen molar-refractivity contribution in [1.29, 1.82) is 0 Å². The van der Waals surface area contributed by atoms with Crippen LogP contribution in [0.2, 0.25) is 0 Å². The Morgan fingerprint density at radius 3 is 2.88 bits per heavy atom. The maximum absolute atomic E-state index is 14.3. The fourth-order valence-corrected chi connectivity index (χ4v) is 4.62. The molecule has 8 heteroatoms. The zero-order chi connectivity index (χ0) is 22.4. The molecule has 1 saturated heterocycles. The summed E-state index contributed by atoms with van der Waals surface area (Å²) in [5, 5.41) is 10.3. The third kappa shape index (κ3) is 5.06. The SMILES string of the molecule is O=C1CCCC[C@@](CCCCCC(=O)c2ccon2)(C2=NCC(c3ccccc3F)N2)N1. The van der Waals surface area contributed by atoms with E-state index < -0.39 is 5.54 Å². The molecule has 2 aliphatic rings. The second-order valence-electron chi connectivity index (χ2n) is 8.61. The number of Topliss-reactive ketones (excluding diaryl/α,β-unsaturated/α-hetero) is 1. The van der Waals surface area contributed by atoms with E-state index in [1.54, 1.807) is 18.2 Å². The minimum absolute atomic E-state index is 0.0224. The lowest BCUT2D eigenvalue weighted by molar-refractivity contribution is -0.122. The molecule has 1 amide bonds. The highest BCUT2D eigenvalue weighted by Crippen LogP contribution is 2.31. The van der Waals surface area contributed by atoms with Gasteiger partial charge < -0.3 is 15.2 Å². The summed E-state index contributed by atoms with van der Waals surface area (Å²) < 4.78 is 19.0. The van der Waals surface area contributed by atoms with Crippen molar-refractivity contribution in [3.8, 4) is 0 Å². The number of rotatable bonds is 9. The van der Waals surface area contributed by atoms with Crippen molar-refractivity contribution >= 4 is 17.5 Å². The molecule has 170 valence electrons. The van der Waals surface area contributed by atoms with E-state index in [1.807, 2.05) is 6.07 Å². The standard InChI is InChI=1S/C24H29FN4O3/c25-18-9-4-3-8-17(18)20-16-26-23(27-20)24(14-7-5-11-22(31)28-24)13-6-1-2-10-21(30)19-12-15-32-29-19/h3-4,8-9,12,15,20H,1-2,5-7,10-11,13-14,16H2,(H,26,27)(H,28,31)/t20?,24-/m0/s1. The summed E-state index contributed by atoms with van der Waals surface area (Å²) in [5.41, 5.74) is 0.387. The number of aliphatic imine (C=N–C) groups is 1. The monoisotopic (exact) mass is 440 g/mol. The van der Waals surface area contributed by atoms with Crippen molar-refractivity contribution in [1.82, 2.24) is 15.8 Å². The quantitative estimate of drug-likeness (QED) is 0.452. The van der Waals surface area contributed by atoms with Gasteiger partial charge in [0.2, 0.25) is 5.91 Å². The molecule has 1 fully saturated rings. The number of hydrogen-bond donors (Lipinski definition) is 2. The van der Waals surface area contributed by atoms with Gasteiger partial charge in [-0.1, -0.05) is 42.6 Å². The van der Waals surface area contributed by atoms with Gasteiger partial charge in [-0.25, -0.2) is 4.39 Å². The van der Waals surface area contributed by atoms with Crippen LogP contribution in [0.1, 0.15) is 79.9 Å². The van der Waals surface area contributed by atoms with Crippen LogP contribution < -0.4 is 10.6 Å². The zero-order valence-electron chi connectivity index (χ0n) is 18.1. The predicted molar refractivity (Wildman–Crippen MR) is 118 cm³/mol. The van der Waals surface area contributed by atoms with E-state index in [4.69, 9.17) is 9.52 Å². The Kier molecular flexibility index (Phi) is 6.97. The number of carbonyl (C=O) groups is 2. The number of halogens is 1. The molecule has 1 aromatic carbocycles. The lowest BCUT2D eigenvalue weighted by atomic mass is 9.85. The molecule has 0 bridgehead atoms. The number of benzene rings is 1. The van der Waals surface area contributed by atoms with Crippen LogP contribution in [0.15, 0.2) is 46.1 Å². The number of ketones is 1. The van der Waals surface area contributed by atoms with Crippen LogP contribution in [0.3, 0.4) is 0 Å². The highest BCUT2D eigenvalue weighted by Gasteiger charge is 2.41. The van der Waals surface area contributed by atoms with Crippen LogP contribution in [0.5, 0.6) is 0 Å². The molecule has 4 rings (SSSR count). The van der Waals surface area contributed by atoms with E-state index in [2.05, 4.69) is 15.8 Å². The molecule has 0 radical (unpaired) electrons. The Morgan fingerprint density at radius 2 is 2.06 bits per heavy atom. The van der Waals surface area contributed by atoms with Gasteiger partial charge in [-0.15, -0.1) is 0 Å². The fraction of sp³-hybridized carbons (Fsp3) is 0.500. The second kappa shape index (κ2) is 10.1. The van der Waals surface area contributed by atoms with Crippen LogP contribution in [0, 0.1) is 5.82 Å². The van der Waals surface area contributed by atoms with E-state index in [1.165, 1.54) is 12.3 Å².